The summed E-state index contributed by atoms with van der Waals surface area (Å²) in [6.07, 6.45) is 1.65. The number of rotatable bonds is 3. The van der Waals surface area contributed by atoms with Crippen LogP contribution in [0, 0.1) is 19.7 Å². The van der Waals surface area contributed by atoms with Gasteiger partial charge in [-0.25, -0.2) is 4.98 Å². The summed E-state index contributed by atoms with van der Waals surface area (Å²) in [4.78, 5) is 18.5. The molecule has 4 heterocycles. The van der Waals surface area contributed by atoms with E-state index in [9.17, 15) is 9.18 Å². The second-order valence-electron chi connectivity index (χ2n) is 7.85. The van der Waals surface area contributed by atoms with Crippen molar-refractivity contribution in [2.45, 2.75) is 32.8 Å². The van der Waals surface area contributed by atoms with Crippen molar-refractivity contribution in [1.82, 2.24) is 14.6 Å². The van der Waals surface area contributed by atoms with E-state index in [4.69, 9.17) is 14.2 Å². The van der Waals surface area contributed by atoms with Crippen LogP contribution < -0.4 is 24.7 Å². The van der Waals surface area contributed by atoms with Gasteiger partial charge in [-0.2, -0.15) is 8.91 Å². The van der Waals surface area contributed by atoms with Gasteiger partial charge in [-0.05, 0) is 37.6 Å². The molecule has 1 saturated heterocycles. The topological polar surface area (TPSA) is 78.2 Å². The van der Waals surface area contributed by atoms with Crippen LogP contribution in [0.5, 0.6) is 17.2 Å². The lowest BCUT2D eigenvalue weighted by molar-refractivity contribution is 0.159. The Hall–Kier alpha value is -3.36. The third-order valence-corrected chi connectivity index (χ3v) is 5.65. The van der Waals surface area contributed by atoms with Gasteiger partial charge >= 0.3 is 5.56 Å². The Morgan fingerprint density at radius 1 is 1.10 bits per heavy atom. The van der Waals surface area contributed by atoms with E-state index in [1.54, 1.807) is 6.07 Å². The van der Waals surface area contributed by atoms with Crippen LogP contribution in [0.4, 0.5) is 10.2 Å². The number of benzene rings is 1. The Labute approximate surface area is 178 Å². The van der Waals surface area contributed by atoms with Crippen molar-refractivity contribution < 1.29 is 18.6 Å². The molecule has 9 heteroatoms. The molecule has 0 bridgehead atoms. The van der Waals surface area contributed by atoms with Crippen molar-refractivity contribution in [2.24, 2.45) is 0 Å². The lowest BCUT2D eigenvalue weighted by Gasteiger charge is -2.33. The summed E-state index contributed by atoms with van der Waals surface area (Å²) >= 11 is 0. The molecule has 31 heavy (non-hydrogen) atoms. The molecule has 0 N–H and O–H groups in total. The number of aromatic nitrogens is 3. The summed E-state index contributed by atoms with van der Waals surface area (Å²) in [6, 6.07) is 7.40. The molecule has 5 rings (SSSR count). The Morgan fingerprint density at radius 2 is 1.84 bits per heavy atom. The van der Waals surface area contributed by atoms with Crippen LogP contribution in [-0.4, -0.2) is 47.0 Å². The molecule has 0 atom stereocenters. The molecule has 0 amide bonds. The fourth-order valence-corrected chi connectivity index (χ4v) is 4.03. The second kappa shape index (κ2) is 7.72. The highest BCUT2D eigenvalue weighted by Gasteiger charge is 2.24. The first-order valence-electron chi connectivity index (χ1n) is 10.4. The average molecular weight is 426 g/mol. The van der Waals surface area contributed by atoms with E-state index in [-0.39, 0.29) is 11.8 Å². The van der Waals surface area contributed by atoms with Gasteiger partial charge in [0.15, 0.2) is 23.0 Å². The van der Waals surface area contributed by atoms with E-state index in [0.29, 0.717) is 43.5 Å². The van der Waals surface area contributed by atoms with Crippen LogP contribution in [0.1, 0.15) is 24.1 Å². The molecule has 162 valence electrons. The van der Waals surface area contributed by atoms with Crippen LogP contribution >= 0.6 is 0 Å². The van der Waals surface area contributed by atoms with E-state index in [1.807, 2.05) is 25.1 Å². The van der Waals surface area contributed by atoms with Crippen LogP contribution in [0.3, 0.4) is 0 Å². The zero-order chi connectivity index (χ0) is 21.5. The molecule has 0 aliphatic carbocycles. The van der Waals surface area contributed by atoms with Gasteiger partial charge in [0, 0.05) is 32.0 Å². The first kappa shape index (κ1) is 19.6. The van der Waals surface area contributed by atoms with E-state index in [2.05, 4.69) is 15.0 Å². The molecule has 0 saturated carbocycles. The van der Waals surface area contributed by atoms with E-state index in [1.165, 1.54) is 6.92 Å². The molecule has 0 unspecified atom stereocenters. The summed E-state index contributed by atoms with van der Waals surface area (Å²) in [5.41, 5.74) is 0.544. The Morgan fingerprint density at radius 3 is 2.61 bits per heavy atom. The number of anilines is 1. The van der Waals surface area contributed by atoms with Gasteiger partial charge in [0.2, 0.25) is 5.82 Å². The van der Waals surface area contributed by atoms with Gasteiger partial charge in [-0.1, -0.05) is 0 Å². The average Bonchev–Trinajstić information content (AvgIpc) is 2.78. The van der Waals surface area contributed by atoms with Crippen molar-refractivity contribution in [2.75, 3.05) is 31.2 Å². The lowest BCUT2D eigenvalue weighted by Crippen LogP contribution is -2.39. The van der Waals surface area contributed by atoms with Crippen molar-refractivity contribution in [3.8, 4) is 17.2 Å². The molecule has 1 aromatic carbocycles. The van der Waals surface area contributed by atoms with Crippen molar-refractivity contribution in [1.29, 1.82) is 0 Å². The minimum Gasteiger partial charge on any atom is -0.490 e. The number of aryl methyl sites for hydroxylation is 2. The van der Waals surface area contributed by atoms with Gasteiger partial charge < -0.3 is 19.1 Å². The Kier molecular flexibility index (Phi) is 4.88. The molecule has 2 aromatic heterocycles. The summed E-state index contributed by atoms with van der Waals surface area (Å²) in [7, 11) is 0. The second-order valence-corrected chi connectivity index (χ2v) is 7.85. The molecule has 2 aliphatic heterocycles. The largest absolute Gasteiger partial charge is 0.490 e. The van der Waals surface area contributed by atoms with Crippen LogP contribution in [-0.2, 0) is 0 Å². The predicted molar refractivity (Wildman–Crippen MR) is 112 cm³/mol. The highest BCUT2D eigenvalue weighted by atomic mass is 19.1. The molecule has 0 radical (unpaired) electrons. The normalized spacial score (nSPS) is 16.5. The van der Waals surface area contributed by atoms with Crippen molar-refractivity contribution in [3.63, 3.8) is 0 Å². The number of fused-ring (bicyclic) bond motifs is 2. The molecule has 3 aromatic rings. The first-order chi connectivity index (χ1) is 15.0. The summed E-state index contributed by atoms with van der Waals surface area (Å²) in [5.74, 6) is 2.00. The maximum atomic E-state index is 14.0. The van der Waals surface area contributed by atoms with Crippen molar-refractivity contribution >= 4 is 11.5 Å². The number of halogens is 1. The molecule has 1 fully saturated rings. The minimum absolute atomic E-state index is 0.0593. The lowest BCUT2D eigenvalue weighted by atomic mass is 10.1. The number of nitrogens with zero attached hydrogens (tertiary/aromatic N) is 4. The summed E-state index contributed by atoms with van der Waals surface area (Å²) in [6.45, 7) is 5.92. The fourth-order valence-electron chi connectivity index (χ4n) is 4.03. The van der Waals surface area contributed by atoms with E-state index >= 15 is 0 Å². The van der Waals surface area contributed by atoms with Gasteiger partial charge in [-0.15, -0.1) is 5.10 Å². The highest BCUT2D eigenvalue weighted by Crippen LogP contribution is 2.34. The van der Waals surface area contributed by atoms with Gasteiger partial charge in [0.25, 0.3) is 0 Å². The quantitative estimate of drug-likeness (QED) is 0.637. The minimum atomic E-state index is -0.869. The first-order valence-corrected chi connectivity index (χ1v) is 10.4. The van der Waals surface area contributed by atoms with Gasteiger partial charge in [-0.3, -0.25) is 4.79 Å². The highest BCUT2D eigenvalue weighted by molar-refractivity contribution is 5.53. The molecule has 2 aliphatic rings. The Balaban J connectivity index is 1.31. The zero-order valence-corrected chi connectivity index (χ0v) is 17.4. The monoisotopic (exact) mass is 426 g/mol. The van der Waals surface area contributed by atoms with Crippen LogP contribution in [0.25, 0.3) is 5.65 Å². The molecular formula is C22H23FN4O4. The maximum absolute atomic E-state index is 14.0. The predicted octanol–water partition coefficient (Wildman–Crippen LogP) is 2.66. The van der Waals surface area contributed by atoms with E-state index in [0.717, 1.165) is 34.4 Å². The summed E-state index contributed by atoms with van der Waals surface area (Å²) < 4.78 is 32.4. The molecule has 0 spiro atoms. The van der Waals surface area contributed by atoms with Gasteiger partial charge in [0.05, 0.1) is 5.69 Å². The smallest absolute Gasteiger partial charge is 0.310 e. The standard InChI is InChI=1S/C22H23FN4O4/c1-13-11-19-24-14(2)20(23)22(28)27(19)25-21(13)26-7-5-15(6-8-26)31-16-3-4-17-18(12-16)30-10-9-29-17/h3-4,11-12,15H,5-10H2,1-2H3. The van der Waals surface area contributed by atoms with E-state index < -0.39 is 11.4 Å². The van der Waals surface area contributed by atoms with Crippen LogP contribution in [0.15, 0.2) is 29.1 Å². The van der Waals surface area contributed by atoms with Gasteiger partial charge in [0.1, 0.15) is 25.1 Å². The third kappa shape index (κ3) is 3.64. The third-order valence-electron chi connectivity index (χ3n) is 5.65. The van der Waals surface area contributed by atoms with Crippen molar-refractivity contribution in [3.05, 3.63) is 51.7 Å². The van der Waals surface area contributed by atoms with Crippen LogP contribution in [0.2, 0.25) is 0 Å². The number of ether oxygens (including phenoxy) is 3. The number of hydrogen-bond donors (Lipinski definition) is 0. The zero-order valence-electron chi connectivity index (χ0n) is 17.4. The Bertz CT molecular complexity index is 1200. The molecule has 8 nitrogen and oxygen atoms in total. The SMILES string of the molecule is Cc1cc2nc(C)c(F)c(=O)n2nc1N1CCC(Oc2ccc3c(c2)OCCO3)CC1. The number of hydrogen-bond acceptors (Lipinski definition) is 7. The fraction of sp³-hybridized carbons (Fsp3) is 0.409. The molecular weight excluding hydrogens is 403 g/mol. The summed E-state index contributed by atoms with van der Waals surface area (Å²) in [5, 5.41) is 4.41. The number of piperidine rings is 1. The maximum Gasteiger partial charge on any atom is 0.310 e.